The van der Waals surface area contributed by atoms with Crippen LogP contribution in [0, 0.1) is 0 Å². The van der Waals surface area contributed by atoms with Gasteiger partial charge in [0.05, 0.1) is 12.7 Å². The van der Waals surface area contributed by atoms with Crippen LogP contribution < -0.4 is 9.64 Å². The van der Waals surface area contributed by atoms with E-state index in [2.05, 4.69) is 32.8 Å². The Balaban J connectivity index is 1.67. The Morgan fingerprint density at radius 3 is 3.14 bits per heavy atom. The van der Waals surface area contributed by atoms with Crippen molar-refractivity contribution in [1.29, 1.82) is 0 Å². The number of pyridine rings is 1. The second-order valence-electron chi connectivity index (χ2n) is 5.24. The number of piperidine rings is 1. The second kappa shape index (κ2) is 6.52. The molecule has 0 bridgehead atoms. The largest absolute Gasteiger partial charge is 0.487 e. The number of hydrogen-bond donors (Lipinski definition) is 0. The van der Waals surface area contributed by atoms with Crippen molar-refractivity contribution in [1.82, 2.24) is 15.0 Å². The van der Waals surface area contributed by atoms with E-state index in [-0.39, 0.29) is 6.10 Å². The molecule has 0 radical (unpaired) electrons. The third-order valence-corrected chi connectivity index (χ3v) is 3.71. The predicted molar refractivity (Wildman–Crippen MR) is 81.5 cm³/mol. The molecule has 1 fully saturated rings. The van der Waals surface area contributed by atoms with E-state index < -0.39 is 0 Å². The minimum atomic E-state index is 0.183. The summed E-state index contributed by atoms with van der Waals surface area (Å²) in [7, 11) is 0. The van der Waals surface area contributed by atoms with E-state index in [9.17, 15) is 0 Å². The molecule has 1 saturated heterocycles. The Morgan fingerprint density at radius 1 is 1.38 bits per heavy atom. The molecule has 0 N–H and O–H groups in total. The van der Waals surface area contributed by atoms with Gasteiger partial charge in [-0.1, -0.05) is 6.92 Å². The Bertz CT molecular complexity index is 575. The second-order valence-corrected chi connectivity index (χ2v) is 5.24. The van der Waals surface area contributed by atoms with Crippen molar-refractivity contribution in [2.75, 3.05) is 18.0 Å². The first-order valence-corrected chi connectivity index (χ1v) is 7.47. The van der Waals surface area contributed by atoms with Gasteiger partial charge >= 0.3 is 0 Å². The number of rotatable bonds is 4. The van der Waals surface area contributed by atoms with Gasteiger partial charge in [0.2, 0.25) is 0 Å². The van der Waals surface area contributed by atoms with E-state index in [4.69, 9.17) is 4.74 Å². The molecule has 0 saturated carbocycles. The molecule has 1 aliphatic heterocycles. The fraction of sp³-hybridized carbons (Fsp3) is 0.438. The summed E-state index contributed by atoms with van der Waals surface area (Å²) in [5, 5.41) is 0. The molecule has 2 aromatic rings. The minimum Gasteiger partial charge on any atom is -0.487 e. The first-order chi connectivity index (χ1) is 10.3. The number of nitrogens with zero attached hydrogens (tertiary/aromatic N) is 4. The number of anilines is 1. The van der Waals surface area contributed by atoms with Gasteiger partial charge in [0.25, 0.3) is 0 Å². The fourth-order valence-electron chi connectivity index (χ4n) is 2.60. The quantitative estimate of drug-likeness (QED) is 0.863. The molecule has 0 amide bonds. The van der Waals surface area contributed by atoms with Crippen LogP contribution >= 0.6 is 0 Å². The van der Waals surface area contributed by atoms with Crippen LogP contribution in [0.3, 0.4) is 0 Å². The van der Waals surface area contributed by atoms with E-state index in [1.807, 2.05) is 12.1 Å². The molecule has 2 aromatic heterocycles. The number of ether oxygens (including phenoxy) is 1. The predicted octanol–water partition coefficient (Wildman–Crippen LogP) is 2.48. The van der Waals surface area contributed by atoms with E-state index in [0.29, 0.717) is 0 Å². The normalized spacial score (nSPS) is 18.5. The summed E-state index contributed by atoms with van der Waals surface area (Å²) < 4.78 is 6.02. The van der Waals surface area contributed by atoms with Gasteiger partial charge in [-0.05, 0) is 31.4 Å². The van der Waals surface area contributed by atoms with Crippen LogP contribution in [-0.4, -0.2) is 34.1 Å². The van der Waals surface area contributed by atoms with Crippen LogP contribution in [0.5, 0.6) is 5.75 Å². The minimum absolute atomic E-state index is 0.183. The molecule has 1 unspecified atom stereocenters. The SMILES string of the molecule is CCc1cc(N2CCCC(Oc3cccnc3)C2)ncn1. The summed E-state index contributed by atoms with van der Waals surface area (Å²) in [5.74, 6) is 1.84. The van der Waals surface area contributed by atoms with Crippen molar-refractivity contribution >= 4 is 5.82 Å². The average Bonchev–Trinajstić information content (AvgIpc) is 2.56. The zero-order valence-corrected chi connectivity index (χ0v) is 12.3. The van der Waals surface area contributed by atoms with Crippen LogP contribution in [0.2, 0.25) is 0 Å². The summed E-state index contributed by atoms with van der Waals surface area (Å²) in [4.78, 5) is 15.0. The molecule has 0 aliphatic carbocycles. The molecule has 5 heteroatoms. The summed E-state index contributed by atoms with van der Waals surface area (Å²) >= 11 is 0. The molecule has 21 heavy (non-hydrogen) atoms. The Labute approximate surface area is 125 Å². The van der Waals surface area contributed by atoms with Crippen molar-refractivity contribution in [3.8, 4) is 5.75 Å². The van der Waals surface area contributed by atoms with Crippen molar-refractivity contribution < 1.29 is 4.74 Å². The zero-order valence-electron chi connectivity index (χ0n) is 12.3. The monoisotopic (exact) mass is 284 g/mol. The van der Waals surface area contributed by atoms with Crippen molar-refractivity contribution in [3.05, 3.63) is 42.6 Å². The average molecular weight is 284 g/mol. The lowest BCUT2D eigenvalue weighted by molar-refractivity contribution is 0.178. The number of aryl methyl sites for hydroxylation is 1. The Morgan fingerprint density at radius 2 is 2.33 bits per heavy atom. The van der Waals surface area contributed by atoms with Crippen LogP contribution in [0.1, 0.15) is 25.5 Å². The van der Waals surface area contributed by atoms with Gasteiger partial charge in [-0.2, -0.15) is 0 Å². The van der Waals surface area contributed by atoms with Crippen molar-refractivity contribution in [2.24, 2.45) is 0 Å². The molecule has 3 rings (SSSR count). The first kappa shape index (κ1) is 13.8. The maximum absolute atomic E-state index is 6.02. The lowest BCUT2D eigenvalue weighted by Gasteiger charge is -2.33. The van der Waals surface area contributed by atoms with E-state index in [0.717, 1.165) is 49.6 Å². The van der Waals surface area contributed by atoms with Crippen LogP contribution in [-0.2, 0) is 6.42 Å². The molecular weight excluding hydrogens is 264 g/mol. The molecule has 110 valence electrons. The van der Waals surface area contributed by atoms with Crippen LogP contribution in [0.25, 0.3) is 0 Å². The molecule has 3 heterocycles. The maximum Gasteiger partial charge on any atom is 0.138 e. The lowest BCUT2D eigenvalue weighted by atomic mass is 10.1. The highest BCUT2D eigenvalue weighted by atomic mass is 16.5. The highest BCUT2D eigenvalue weighted by Crippen LogP contribution is 2.21. The maximum atomic E-state index is 6.02. The van der Waals surface area contributed by atoms with Gasteiger partial charge in [0, 0.05) is 24.5 Å². The molecule has 0 spiro atoms. The summed E-state index contributed by atoms with van der Waals surface area (Å²) in [6, 6.07) is 5.92. The molecule has 1 atom stereocenters. The molecule has 5 nitrogen and oxygen atoms in total. The molecule has 1 aliphatic rings. The highest BCUT2D eigenvalue weighted by molar-refractivity contribution is 5.39. The third-order valence-electron chi connectivity index (χ3n) is 3.71. The topological polar surface area (TPSA) is 51.1 Å². The van der Waals surface area contributed by atoms with Crippen LogP contribution in [0.15, 0.2) is 36.9 Å². The van der Waals surface area contributed by atoms with Gasteiger partial charge in [-0.15, -0.1) is 0 Å². The van der Waals surface area contributed by atoms with Gasteiger partial charge in [-0.3, -0.25) is 4.98 Å². The number of aromatic nitrogens is 3. The molecule has 0 aromatic carbocycles. The third kappa shape index (κ3) is 3.48. The fourth-order valence-corrected chi connectivity index (χ4v) is 2.60. The number of hydrogen-bond acceptors (Lipinski definition) is 5. The molecular formula is C16H20N4O. The van der Waals surface area contributed by atoms with Crippen molar-refractivity contribution in [2.45, 2.75) is 32.3 Å². The van der Waals surface area contributed by atoms with Crippen molar-refractivity contribution in [3.63, 3.8) is 0 Å². The van der Waals surface area contributed by atoms with Crippen LogP contribution in [0.4, 0.5) is 5.82 Å². The summed E-state index contributed by atoms with van der Waals surface area (Å²) in [5.41, 5.74) is 1.08. The summed E-state index contributed by atoms with van der Waals surface area (Å²) in [6.45, 7) is 3.98. The van der Waals surface area contributed by atoms with Gasteiger partial charge < -0.3 is 9.64 Å². The first-order valence-electron chi connectivity index (χ1n) is 7.47. The van der Waals surface area contributed by atoms with E-state index in [1.165, 1.54) is 0 Å². The smallest absolute Gasteiger partial charge is 0.138 e. The lowest BCUT2D eigenvalue weighted by Crippen LogP contribution is -2.41. The van der Waals surface area contributed by atoms with E-state index in [1.54, 1.807) is 18.7 Å². The Kier molecular flexibility index (Phi) is 4.28. The van der Waals surface area contributed by atoms with Gasteiger partial charge in [0.1, 0.15) is 24.0 Å². The van der Waals surface area contributed by atoms with E-state index >= 15 is 0 Å². The summed E-state index contributed by atoms with van der Waals surface area (Å²) in [6.07, 6.45) is 8.46. The zero-order chi connectivity index (χ0) is 14.5. The van der Waals surface area contributed by atoms with Gasteiger partial charge in [0.15, 0.2) is 0 Å². The Hall–Kier alpha value is -2.17. The standard InChI is InChI=1S/C16H20N4O/c1-2-13-9-16(19-12-18-13)20-8-4-6-15(11-20)21-14-5-3-7-17-10-14/h3,5,7,9-10,12,15H,2,4,6,8,11H2,1H3. The van der Waals surface area contributed by atoms with Gasteiger partial charge in [-0.25, -0.2) is 9.97 Å². The highest BCUT2D eigenvalue weighted by Gasteiger charge is 2.22.